The van der Waals surface area contributed by atoms with Crippen molar-refractivity contribution in [2.24, 2.45) is 17.3 Å². The third-order valence-corrected chi connectivity index (χ3v) is 5.33. The minimum Gasteiger partial charge on any atom is -0.316 e. The molecule has 1 aliphatic heterocycles. The Bertz CT molecular complexity index is 255. The summed E-state index contributed by atoms with van der Waals surface area (Å²) in [6, 6.07) is 0. The summed E-state index contributed by atoms with van der Waals surface area (Å²) < 4.78 is 0. The molecule has 110 valence electrons. The molecule has 0 bridgehead atoms. The van der Waals surface area contributed by atoms with Crippen LogP contribution >= 0.6 is 0 Å². The molecular weight excluding hydrogens is 232 g/mol. The third-order valence-electron chi connectivity index (χ3n) is 5.33. The van der Waals surface area contributed by atoms with Crippen LogP contribution in [0.15, 0.2) is 0 Å². The fraction of sp³-hybridized carbons (Fsp3) is 1.00. The Morgan fingerprint density at radius 2 is 1.79 bits per heavy atom. The topological polar surface area (TPSA) is 15.3 Å². The highest BCUT2D eigenvalue weighted by atomic mass is 15.1. The lowest BCUT2D eigenvalue weighted by atomic mass is 9.76. The molecule has 0 amide bonds. The molecular formula is C17H32N2. The molecule has 1 heterocycles. The molecule has 2 saturated carbocycles. The van der Waals surface area contributed by atoms with E-state index in [9.17, 15) is 0 Å². The van der Waals surface area contributed by atoms with Gasteiger partial charge in [-0.2, -0.15) is 0 Å². The first-order valence-corrected chi connectivity index (χ1v) is 8.73. The van der Waals surface area contributed by atoms with E-state index in [1.54, 1.807) is 0 Å². The van der Waals surface area contributed by atoms with Crippen LogP contribution in [-0.4, -0.2) is 37.6 Å². The molecule has 0 aromatic rings. The van der Waals surface area contributed by atoms with Gasteiger partial charge >= 0.3 is 0 Å². The van der Waals surface area contributed by atoms with Crippen molar-refractivity contribution >= 4 is 0 Å². The lowest BCUT2D eigenvalue weighted by molar-refractivity contribution is 0.0994. The van der Waals surface area contributed by atoms with E-state index in [0.717, 1.165) is 11.8 Å². The third kappa shape index (κ3) is 4.19. The molecule has 19 heavy (non-hydrogen) atoms. The molecule has 2 heteroatoms. The molecule has 1 unspecified atom stereocenters. The minimum atomic E-state index is 0.594. The molecule has 0 aromatic heterocycles. The maximum absolute atomic E-state index is 3.68. The smallest absolute Gasteiger partial charge is 0.00504 e. The number of nitrogens with one attached hydrogen (secondary N) is 1. The first kappa shape index (κ1) is 13.9. The quantitative estimate of drug-likeness (QED) is 0.724. The molecule has 3 aliphatic rings. The number of hydrogen-bond acceptors (Lipinski definition) is 2. The zero-order valence-corrected chi connectivity index (χ0v) is 12.8. The fourth-order valence-corrected chi connectivity index (χ4v) is 4.00. The van der Waals surface area contributed by atoms with E-state index >= 15 is 0 Å². The highest BCUT2D eigenvalue weighted by Gasteiger charge is 2.36. The van der Waals surface area contributed by atoms with Gasteiger partial charge in [0.05, 0.1) is 0 Å². The summed E-state index contributed by atoms with van der Waals surface area (Å²) in [6.45, 7) is 9.07. The second-order valence-electron chi connectivity index (χ2n) is 7.61. The average molecular weight is 264 g/mol. The van der Waals surface area contributed by atoms with Gasteiger partial charge in [-0.15, -0.1) is 0 Å². The van der Waals surface area contributed by atoms with Gasteiger partial charge in [0, 0.05) is 26.2 Å². The van der Waals surface area contributed by atoms with Crippen molar-refractivity contribution in [3.8, 4) is 0 Å². The van der Waals surface area contributed by atoms with E-state index in [0.29, 0.717) is 5.41 Å². The molecule has 1 atom stereocenters. The predicted octanol–water partition coefficient (Wildman–Crippen LogP) is 3.28. The SMILES string of the molecule is CCCC1(CN(CC2CC2)CC2CC2)CCCNC1. The van der Waals surface area contributed by atoms with Crippen molar-refractivity contribution in [1.82, 2.24) is 10.2 Å². The molecule has 1 saturated heterocycles. The lowest BCUT2D eigenvalue weighted by Gasteiger charge is -2.42. The van der Waals surface area contributed by atoms with Gasteiger partial charge in [0.25, 0.3) is 0 Å². The number of hydrogen-bond donors (Lipinski definition) is 1. The van der Waals surface area contributed by atoms with Crippen molar-refractivity contribution in [3.63, 3.8) is 0 Å². The summed E-state index contributed by atoms with van der Waals surface area (Å²) in [5.74, 6) is 2.10. The van der Waals surface area contributed by atoms with Crippen LogP contribution in [0.4, 0.5) is 0 Å². The summed E-state index contributed by atoms with van der Waals surface area (Å²) in [4.78, 5) is 2.86. The van der Waals surface area contributed by atoms with Gasteiger partial charge in [0.1, 0.15) is 0 Å². The first-order valence-electron chi connectivity index (χ1n) is 8.73. The lowest BCUT2D eigenvalue weighted by Crippen LogP contribution is -2.48. The van der Waals surface area contributed by atoms with Gasteiger partial charge in [-0.3, -0.25) is 0 Å². The van der Waals surface area contributed by atoms with Crippen LogP contribution in [0.25, 0.3) is 0 Å². The highest BCUT2D eigenvalue weighted by molar-refractivity contribution is 4.91. The van der Waals surface area contributed by atoms with Crippen molar-refractivity contribution in [2.75, 3.05) is 32.7 Å². The standard InChI is InChI=1S/C17H32N2/c1-2-8-17(9-3-10-18-13-17)14-19(11-15-4-5-15)12-16-6-7-16/h15-16,18H,2-14H2,1H3. The molecule has 3 fully saturated rings. The van der Waals surface area contributed by atoms with Crippen LogP contribution in [0, 0.1) is 17.3 Å². The van der Waals surface area contributed by atoms with Crippen LogP contribution in [-0.2, 0) is 0 Å². The summed E-state index contributed by atoms with van der Waals surface area (Å²) in [7, 11) is 0. The van der Waals surface area contributed by atoms with Crippen LogP contribution in [0.3, 0.4) is 0 Å². The molecule has 2 nitrogen and oxygen atoms in total. The predicted molar refractivity (Wildman–Crippen MR) is 81.3 cm³/mol. The summed E-state index contributed by atoms with van der Waals surface area (Å²) in [6.07, 6.45) is 11.6. The minimum absolute atomic E-state index is 0.594. The first-order chi connectivity index (χ1) is 9.30. The average Bonchev–Trinajstić information content (AvgIpc) is 3.27. The van der Waals surface area contributed by atoms with Crippen LogP contribution in [0.2, 0.25) is 0 Å². The Kier molecular flexibility index (Phi) is 4.48. The van der Waals surface area contributed by atoms with Gasteiger partial charge in [0.2, 0.25) is 0 Å². The van der Waals surface area contributed by atoms with Crippen molar-refractivity contribution < 1.29 is 0 Å². The van der Waals surface area contributed by atoms with Crippen molar-refractivity contribution in [1.29, 1.82) is 0 Å². The number of piperidine rings is 1. The Morgan fingerprint density at radius 3 is 2.26 bits per heavy atom. The van der Waals surface area contributed by atoms with E-state index in [1.165, 1.54) is 84.1 Å². The van der Waals surface area contributed by atoms with E-state index in [-0.39, 0.29) is 0 Å². The second kappa shape index (κ2) is 6.13. The second-order valence-corrected chi connectivity index (χ2v) is 7.61. The van der Waals surface area contributed by atoms with E-state index in [1.807, 2.05) is 0 Å². The molecule has 1 N–H and O–H groups in total. The Balaban J connectivity index is 1.58. The van der Waals surface area contributed by atoms with Gasteiger partial charge in [-0.25, -0.2) is 0 Å². The van der Waals surface area contributed by atoms with Gasteiger partial charge in [-0.1, -0.05) is 13.3 Å². The van der Waals surface area contributed by atoms with Gasteiger partial charge in [-0.05, 0) is 68.7 Å². The van der Waals surface area contributed by atoms with Gasteiger partial charge in [0.15, 0.2) is 0 Å². The Morgan fingerprint density at radius 1 is 1.11 bits per heavy atom. The zero-order chi connectivity index (χ0) is 13.1. The number of rotatable bonds is 8. The van der Waals surface area contributed by atoms with E-state index in [2.05, 4.69) is 17.1 Å². The Labute approximate surface area is 119 Å². The van der Waals surface area contributed by atoms with Crippen LogP contribution in [0.1, 0.15) is 58.3 Å². The maximum Gasteiger partial charge on any atom is 0.00504 e. The largest absolute Gasteiger partial charge is 0.316 e. The molecule has 0 aromatic carbocycles. The molecule has 2 aliphatic carbocycles. The Hall–Kier alpha value is -0.0800. The normalized spacial score (nSPS) is 31.9. The molecule has 0 spiro atoms. The van der Waals surface area contributed by atoms with Gasteiger partial charge < -0.3 is 10.2 Å². The van der Waals surface area contributed by atoms with Crippen LogP contribution in [0.5, 0.6) is 0 Å². The van der Waals surface area contributed by atoms with E-state index < -0.39 is 0 Å². The molecule has 0 radical (unpaired) electrons. The maximum atomic E-state index is 3.68. The highest BCUT2D eigenvalue weighted by Crippen LogP contribution is 2.38. The number of nitrogens with zero attached hydrogens (tertiary/aromatic N) is 1. The van der Waals surface area contributed by atoms with Crippen LogP contribution < -0.4 is 5.32 Å². The summed E-state index contributed by atoms with van der Waals surface area (Å²) in [5, 5.41) is 3.68. The summed E-state index contributed by atoms with van der Waals surface area (Å²) in [5.41, 5.74) is 0.594. The van der Waals surface area contributed by atoms with Crippen molar-refractivity contribution in [2.45, 2.75) is 58.3 Å². The zero-order valence-electron chi connectivity index (χ0n) is 12.8. The monoisotopic (exact) mass is 264 g/mol. The molecule has 3 rings (SSSR count). The van der Waals surface area contributed by atoms with E-state index in [4.69, 9.17) is 0 Å². The summed E-state index contributed by atoms with van der Waals surface area (Å²) >= 11 is 0. The fourth-order valence-electron chi connectivity index (χ4n) is 4.00. The van der Waals surface area contributed by atoms with Crippen molar-refractivity contribution in [3.05, 3.63) is 0 Å².